The van der Waals surface area contributed by atoms with Crippen LogP contribution in [0.5, 0.6) is 5.88 Å². The molecule has 2 unspecified atom stereocenters. The van der Waals surface area contributed by atoms with E-state index in [-0.39, 0.29) is 16.9 Å². The first-order valence-corrected chi connectivity index (χ1v) is 10.3. The Morgan fingerprint density at radius 1 is 1.23 bits per heavy atom. The van der Waals surface area contributed by atoms with Crippen molar-refractivity contribution >= 4 is 22.9 Å². The smallest absolute Gasteiger partial charge is 0.275 e. The summed E-state index contributed by atoms with van der Waals surface area (Å²) in [5.41, 5.74) is 2.75. The van der Waals surface area contributed by atoms with Crippen molar-refractivity contribution in [3.8, 4) is 5.88 Å². The van der Waals surface area contributed by atoms with Gasteiger partial charge in [0.05, 0.1) is 42.9 Å². The maximum Gasteiger partial charge on any atom is 0.275 e. The number of amides is 1. The number of nitrogens with zero attached hydrogens (tertiary/aromatic N) is 5. The molecule has 31 heavy (non-hydrogen) atoms. The number of carbonyl (C=O) groups is 1. The molecule has 4 aromatic rings. The fraction of sp³-hybridized carbons (Fsp3) is 0.364. The molecular weight excluding hydrogens is 396 g/mol. The van der Waals surface area contributed by atoms with Gasteiger partial charge in [-0.3, -0.25) is 9.20 Å². The third kappa shape index (κ3) is 2.73. The molecule has 1 aliphatic carbocycles. The van der Waals surface area contributed by atoms with Crippen molar-refractivity contribution in [1.82, 2.24) is 24.0 Å². The molecule has 2 bridgehead atoms. The van der Waals surface area contributed by atoms with Crippen molar-refractivity contribution in [1.29, 1.82) is 0 Å². The van der Waals surface area contributed by atoms with E-state index >= 15 is 0 Å². The minimum absolute atomic E-state index is 0.0508. The van der Waals surface area contributed by atoms with Crippen LogP contribution in [0.4, 0.5) is 5.82 Å². The van der Waals surface area contributed by atoms with E-state index in [9.17, 15) is 4.79 Å². The predicted molar refractivity (Wildman–Crippen MR) is 113 cm³/mol. The Morgan fingerprint density at radius 3 is 2.87 bits per heavy atom. The number of nitrogens with one attached hydrogen (secondary N) is 1. The highest BCUT2D eigenvalue weighted by molar-refractivity contribution is 6.03. The summed E-state index contributed by atoms with van der Waals surface area (Å²) in [4.78, 5) is 22.2. The number of hydrogen-bond acceptors (Lipinski definition) is 6. The lowest BCUT2D eigenvalue weighted by molar-refractivity contribution is -0.00627. The molecule has 158 valence electrons. The number of methoxy groups -OCH3 is 1. The standard InChI is InChI=1S/C22H22N6O3/c1-21-7-8-22(12-21,13-31-21)16-10-27-11-17(26-20(30-2)18(27)24-16)25-19(29)15-5-3-4-14-6-9-23-28(14)15/h3-6,9-11H,7-8,12-13H2,1-2H3,(H,25,29). The summed E-state index contributed by atoms with van der Waals surface area (Å²) in [6.45, 7) is 2.86. The second-order valence-electron chi connectivity index (χ2n) is 8.72. The van der Waals surface area contributed by atoms with Gasteiger partial charge in [0, 0.05) is 11.6 Å². The van der Waals surface area contributed by atoms with Crippen LogP contribution >= 0.6 is 0 Å². The zero-order chi connectivity index (χ0) is 21.2. The van der Waals surface area contributed by atoms with Crippen molar-refractivity contribution in [2.75, 3.05) is 19.0 Å². The first-order valence-electron chi connectivity index (χ1n) is 10.3. The average molecular weight is 418 g/mol. The summed E-state index contributed by atoms with van der Waals surface area (Å²) >= 11 is 0. The summed E-state index contributed by atoms with van der Waals surface area (Å²) in [6, 6.07) is 7.28. The third-order valence-electron chi connectivity index (χ3n) is 6.58. The van der Waals surface area contributed by atoms with E-state index in [1.807, 2.05) is 28.8 Å². The molecule has 2 fully saturated rings. The Labute approximate surface area is 178 Å². The molecule has 0 spiro atoms. The van der Waals surface area contributed by atoms with E-state index in [0.717, 1.165) is 30.5 Å². The Morgan fingerprint density at radius 2 is 2.13 bits per heavy atom. The number of aromatic nitrogens is 5. The van der Waals surface area contributed by atoms with E-state index in [2.05, 4.69) is 22.3 Å². The van der Waals surface area contributed by atoms with Gasteiger partial charge in [-0.2, -0.15) is 10.1 Å². The van der Waals surface area contributed by atoms with Crippen LogP contribution in [0.2, 0.25) is 0 Å². The molecule has 4 aromatic heterocycles. The molecule has 5 heterocycles. The summed E-state index contributed by atoms with van der Waals surface area (Å²) in [5, 5.41) is 7.08. The van der Waals surface area contributed by atoms with Crippen molar-refractivity contribution in [3.63, 3.8) is 0 Å². The van der Waals surface area contributed by atoms with Crippen molar-refractivity contribution in [2.24, 2.45) is 0 Å². The molecule has 2 atom stereocenters. The highest BCUT2D eigenvalue weighted by atomic mass is 16.5. The SMILES string of the molecule is COc1nc(NC(=O)c2cccc3ccnn23)cn2cc(C34CCC(C)(C3)OC4)nc12. The van der Waals surface area contributed by atoms with Crippen LogP contribution < -0.4 is 10.1 Å². The largest absolute Gasteiger partial charge is 0.478 e. The van der Waals surface area contributed by atoms with Crippen LogP contribution in [0, 0.1) is 0 Å². The van der Waals surface area contributed by atoms with Gasteiger partial charge < -0.3 is 14.8 Å². The summed E-state index contributed by atoms with van der Waals surface area (Å²) in [7, 11) is 1.55. The topological polar surface area (TPSA) is 95.0 Å². The fourth-order valence-electron chi connectivity index (χ4n) is 4.97. The Bertz CT molecular complexity index is 1330. The number of hydrogen-bond donors (Lipinski definition) is 1. The molecule has 1 aliphatic heterocycles. The predicted octanol–water partition coefficient (Wildman–Crippen LogP) is 2.85. The van der Waals surface area contributed by atoms with Gasteiger partial charge in [0.25, 0.3) is 11.8 Å². The zero-order valence-electron chi connectivity index (χ0n) is 17.3. The second-order valence-corrected chi connectivity index (χ2v) is 8.72. The Balaban J connectivity index is 1.37. The Kier molecular flexibility index (Phi) is 3.71. The first-order chi connectivity index (χ1) is 15.0. The number of ether oxygens (including phenoxy) is 2. The van der Waals surface area contributed by atoms with Gasteiger partial charge in [0.1, 0.15) is 5.69 Å². The van der Waals surface area contributed by atoms with Crippen LogP contribution in [0.25, 0.3) is 11.2 Å². The molecule has 6 rings (SSSR count). The van der Waals surface area contributed by atoms with Crippen LogP contribution in [0.1, 0.15) is 42.4 Å². The molecule has 9 heteroatoms. The molecule has 2 aliphatic rings. The van der Waals surface area contributed by atoms with Crippen molar-refractivity contribution < 1.29 is 14.3 Å². The lowest BCUT2D eigenvalue weighted by atomic mass is 9.84. The Hall–Kier alpha value is -3.46. The lowest BCUT2D eigenvalue weighted by Gasteiger charge is -2.24. The fourth-order valence-corrected chi connectivity index (χ4v) is 4.97. The van der Waals surface area contributed by atoms with Gasteiger partial charge in [-0.15, -0.1) is 0 Å². The first kappa shape index (κ1) is 18.3. The maximum absolute atomic E-state index is 12.9. The zero-order valence-corrected chi connectivity index (χ0v) is 17.3. The molecule has 1 saturated carbocycles. The molecule has 1 amide bonds. The minimum Gasteiger partial charge on any atom is -0.478 e. The number of carbonyl (C=O) groups excluding carboxylic acids is 1. The van der Waals surface area contributed by atoms with Gasteiger partial charge in [0.2, 0.25) is 5.65 Å². The second kappa shape index (κ2) is 6.27. The van der Waals surface area contributed by atoms with Gasteiger partial charge in [0.15, 0.2) is 5.82 Å². The normalized spacial score (nSPS) is 24.8. The van der Waals surface area contributed by atoms with E-state index < -0.39 is 0 Å². The molecule has 1 saturated heterocycles. The van der Waals surface area contributed by atoms with E-state index in [1.165, 1.54) is 0 Å². The third-order valence-corrected chi connectivity index (χ3v) is 6.58. The summed E-state index contributed by atoms with van der Waals surface area (Å²) < 4.78 is 15.0. The molecule has 9 nitrogen and oxygen atoms in total. The maximum atomic E-state index is 12.9. The molecule has 0 aromatic carbocycles. The summed E-state index contributed by atoms with van der Waals surface area (Å²) in [5.74, 6) is 0.425. The van der Waals surface area contributed by atoms with E-state index in [1.54, 1.807) is 30.1 Å². The van der Waals surface area contributed by atoms with Crippen LogP contribution in [-0.2, 0) is 10.2 Å². The van der Waals surface area contributed by atoms with E-state index in [0.29, 0.717) is 29.6 Å². The number of imidazole rings is 1. The number of pyridine rings is 1. The van der Waals surface area contributed by atoms with Crippen LogP contribution in [-0.4, -0.2) is 49.2 Å². The highest BCUT2D eigenvalue weighted by Crippen LogP contribution is 2.53. The van der Waals surface area contributed by atoms with Gasteiger partial charge in [-0.1, -0.05) is 6.07 Å². The highest BCUT2D eigenvalue weighted by Gasteiger charge is 2.55. The van der Waals surface area contributed by atoms with Crippen molar-refractivity contribution in [2.45, 2.75) is 37.2 Å². The van der Waals surface area contributed by atoms with Crippen molar-refractivity contribution in [3.05, 3.63) is 54.2 Å². The minimum atomic E-state index is -0.308. The monoisotopic (exact) mass is 418 g/mol. The summed E-state index contributed by atoms with van der Waals surface area (Å²) in [6.07, 6.45) is 8.49. The number of anilines is 1. The molecule has 0 radical (unpaired) electrons. The van der Waals surface area contributed by atoms with Crippen LogP contribution in [0.15, 0.2) is 42.9 Å². The van der Waals surface area contributed by atoms with E-state index in [4.69, 9.17) is 14.5 Å². The molecule has 1 N–H and O–H groups in total. The number of fused-ring (bicyclic) bond motifs is 4. The average Bonchev–Trinajstić information content (AvgIpc) is 3.53. The van der Waals surface area contributed by atoms with Gasteiger partial charge in [-0.25, -0.2) is 9.50 Å². The van der Waals surface area contributed by atoms with Gasteiger partial charge in [-0.05, 0) is 44.4 Å². The van der Waals surface area contributed by atoms with Gasteiger partial charge >= 0.3 is 0 Å². The van der Waals surface area contributed by atoms with Crippen LogP contribution in [0.3, 0.4) is 0 Å². The lowest BCUT2D eigenvalue weighted by Crippen LogP contribution is -2.26. The quantitative estimate of drug-likeness (QED) is 0.548. The number of rotatable bonds is 4. The molecular formula is C22H22N6O3.